The molecular formula is C43H43N3O6. The van der Waals surface area contributed by atoms with Gasteiger partial charge in [-0.25, -0.2) is 9.97 Å². The van der Waals surface area contributed by atoms with Crippen LogP contribution in [0.2, 0.25) is 0 Å². The summed E-state index contributed by atoms with van der Waals surface area (Å²) in [4.78, 5) is 8.50. The third-order valence-electron chi connectivity index (χ3n) is 8.90. The van der Waals surface area contributed by atoms with E-state index in [-0.39, 0.29) is 25.8 Å². The van der Waals surface area contributed by atoms with E-state index < -0.39 is 23.9 Å². The van der Waals surface area contributed by atoms with Gasteiger partial charge in [0.05, 0.1) is 34.0 Å². The molecule has 1 heterocycles. The van der Waals surface area contributed by atoms with Crippen LogP contribution in [0, 0.1) is 0 Å². The number of nitrogens with zero attached hydrogens (tertiary/aromatic N) is 2. The molecule has 0 aliphatic heterocycles. The zero-order valence-corrected chi connectivity index (χ0v) is 29.2. The predicted octanol–water partition coefficient (Wildman–Crippen LogP) is 7.29. The number of hydrogen-bond acceptors (Lipinski definition) is 9. The third-order valence-corrected chi connectivity index (χ3v) is 8.90. The number of rotatable bonds is 17. The minimum atomic E-state index is -1.19. The van der Waals surface area contributed by atoms with Crippen molar-refractivity contribution < 1.29 is 28.8 Å². The van der Waals surface area contributed by atoms with Crippen molar-refractivity contribution in [1.29, 1.82) is 0 Å². The first-order valence-corrected chi connectivity index (χ1v) is 17.0. The van der Waals surface area contributed by atoms with Gasteiger partial charge >= 0.3 is 0 Å². The van der Waals surface area contributed by atoms with Crippen LogP contribution in [0.25, 0.3) is 0 Å². The van der Waals surface area contributed by atoms with Gasteiger partial charge in [-0.05, 0) is 52.1 Å². The Hall–Kier alpha value is -5.58. The molecule has 0 saturated carbocycles. The number of ether oxygens (including phenoxy) is 5. The zero-order chi connectivity index (χ0) is 36.2. The van der Waals surface area contributed by atoms with E-state index in [0.29, 0.717) is 5.56 Å². The van der Waals surface area contributed by atoms with E-state index in [0.717, 1.165) is 39.3 Å². The quantitative estimate of drug-likeness (QED) is 0.0948. The number of nitrogen functional groups attached to an aromatic ring is 1. The smallest absolute Gasteiger partial charge is 0.219 e. The standard InChI is InChI=1S/C43H43N3O6/c1-48-37-22-18-31(19-23-37)28-50-40(33-26-45-42(44)46-27-33)41(51-29-32-20-24-38(49-2)25-21-32)39(47)30-52-43(34-12-6-3-7-13-34,35-14-8-4-9-15-35)36-16-10-5-11-17-36/h3-27,39-41,47H,28-30H2,1-2H3,(H2,44,45,46)/t39-,40-,41+/m1/s1. The molecule has 0 saturated heterocycles. The molecule has 0 aliphatic rings. The molecule has 5 aromatic carbocycles. The molecule has 266 valence electrons. The van der Waals surface area contributed by atoms with Gasteiger partial charge in [0.2, 0.25) is 5.95 Å². The van der Waals surface area contributed by atoms with Crippen molar-refractivity contribution in [2.24, 2.45) is 0 Å². The second-order valence-corrected chi connectivity index (χ2v) is 12.2. The topological polar surface area (TPSA) is 118 Å². The molecule has 6 aromatic rings. The minimum absolute atomic E-state index is 0.121. The maximum absolute atomic E-state index is 12.3. The summed E-state index contributed by atoms with van der Waals surface area (Å²) in [6.07, 6.45) is 0.250. The van der Waals surface area contributed by atoms with Gasteiger partial charge in [-0.2, -0.15) is 0 Å². The van der Waals surface area contributed by atoms with Crippen molar-refractivity contribution in [2.75, 3.05) is 26.6 Å². The molecule has 52 heavy (non-hydrogen) atoms. The van der Waals surface area contributed by atoms with Gasteiger partial charge in [0.15, 0.2) is 0 Å². The van der Waals surface area contributed by atoms with Crippen LogP contribution in [0.5, 0.6) is 11.5 Å². The molecule has 0 bridgehead atoms. The fourth-order valence-corrected chi connectivity index (χ4v) is 6.17. The largest absolute Gasteiger partial charge is 0.497 e. The van der Waals surface area contributed by atoms with Gasteiger partial charge in [0.25, 0.3) is 0 Å². The van der Waals surface area contributed by atoms with Crippen molar-refractivity contribution in [2.45, 2.75) is 37.1 Å². The minimum Gasteiger partial charge on any atom is -0.497 e. The van der Waals surface area contributed by atoms with E-state index in [1.807, 2.05) is 140 Å². The second-order valence-electron chi connectivity index (χ2n) is 12.2. The SMILES string of the molecule is COc1ccc(CO[C@@H]([C@H](O)COC(c2ccccc2)(c2ccccc2)c2ccccc2)[C@H](OCc2ccc(OC)cc2)c2cnc(N)nc2)cc1. The van der Waals surface area contributed by atoms with E-state index in [4.69, 9.17) is 29.4 Å². The van der Waals surface area contributed by atoms with Crippen LogP contribution in [0.1, 0.15) is 39.5 Å². The fraction of sp³-hybridized carbons (Fsp3) is 0.209. The molecular weight excluding hydrogens is 654 g/mol. The Balaban J connectivity index is 1.38. The summed E-state index contributed by atoms with van der Waals surface area (Å²) >= 11 is 0. The first kappa shape index (κ1) is 36.2. The normalized spacial score (nSPS) is 13.2. The first-order chi connectivity index (χ1) is 25.5. The summed E-state index contributed by atoms with van der Waals surface area (Å²) in [5, 5.41) is 12.3. The Kier molecular flexibility index (Phi) is 12.2. The number of aromatic nitrogens is 2. The van der Waals surface area contributed by atoms with Crippen LogP contribution < -0.4 is 15.2 Å². The lowest BCUT2D eigenvalue weighted by Crippen LogP contribution is -2.43. The highest BCUT2D eigenvalue weighted by Gasteiger charge is 2.40. The van der Waals surface area contributed by atoms with E-state index in [2.05, 4.69) is 9.97 Å². The Morgan fingerprint density at radius 3 is 1.44 bits per heavy atom. The van der Waals surface area contributed by atoms with E-state index in [1.165, 1.54) is 0 Å². The summed E-state index contributed by atoms with van der Waals surface area (Å²) in [5.41, 5.74) is 9.93. The third kappa shape index (κ3) is 8.65. The molecule has 1 aromatic heterocycles. The molecule has 9 nitrogen and oxygen atoms in total. The summed E-state index contributed by atoms with van der Waals surface area (Å²) in [6.45, 7) is 0.256. The number of benzene rings is 5. The lowest BCUT2D eigenvalue weighted by molar-refractivity contribution is -0.158. The van der Waals surface area contributed by atoms with Gasteiger partial charge in [-0.15, -0.1) is 0 Å². The summed E-state index contributed by atoms with van der Waals surface area (Å²) in [6, 6.07) is 45.2. The average Bonchev–Trinajstić information content (AvgIpc) is 3.21. The Morgan fingerprint density at radius 1 is 0.596 bits per heavy atom. The predicted molar refractivity (Wildman–Crippen MR) is 200 cm³/mol. The average molecular weight is 698 g/mol. The lowest BCUT2D eigenvalue weighted by atomic mass is 9.80. The molecule has 0 radical (unpaired) electrons. The summed E-state index contributed by atoms with van der Waals surface area (Å²) < 4.78 is 30.9. The van der Waals surface area contributed by atoms with E-state index in [1.54, 1.807) is 26.6 Å². The number of anilines is 1. The van der Waals surface area contributed by atoms with Gasteiger partial charge in [-0.3, -0.25) is 0 Å². The molecule has 0 amide bonds. The highest BCUT2D eigenvalue weighted by atomic mass is 16.6. The number of methoxy groups -OCH3 is 2. The van der Waals surface area contributed by atoms with Crippen LogP contribution in [0.15, 0.2) is 152 Å². The molecule has 3 atom stereocenters. The van der Waals surface area contributed by atoms with Crippen LogP contribution in [0.4, 0.5) is 5.95 Å². The molecule has 0 unspecified atom stereocenters. The van der Waals surface area contributed by atoms with Gasteiger partial charge in [0.1, 0.15) is 35.4 Å². The zero-order valence-electron chi connectivity index (χ0n) is 29.2. The molecule has 3 N–H and O–H groups in total. The number of aliphatic hydroxyl groups is 1. The Labute approximate surface area is 304 Å². The van der Waals surface area contributed by atoms with Crippen LogP contribution in [-0.4, -0.2) is 48.1 Å². The number of hydrogen-bond donors (Lipinski definition) is 2. The van der Waals surface area contributed by atoms with Crippen LogP contribution >= 0.6 is 0 Å². The van der Waals surface area contributed by atoms with Crippen molar-refractivity contribution >= 4 is 5.95 Å². The van der Waals surface area contributed by atoms with E-state index in [9.17, 15) is 5.11 Å². The fourth-order valence-electron chi connectivity index (χ4n) is 6.17. The summed E-state index contributed by atoms with van der Waals surface area (Å²) in [5.74, 6) is 1.59. The van der Waals surface area contributed by atoms with Gasteiger partial charge in [0, 0.05) is 18.0 Å². The molecule has 0 spiro atoms. The first-order valence-electron chi connectivity index (χ1n) is 17.0. The highest BCUT2D eigenvalue weighted by Crippen LogP contribution is 2.41. The highest BCUT2D eigenvalue weighted by molar-refractivity contribution is 5.47. The van der Waals surface area contributed by atoms with Crippen molar-refractivity contribution in [3.63, 3.8) is 0 Å². The molecule has 0 fully saturated rings. The number of nitrogens with two attached hydrogens (primary N) is 1. The van der Waals surface area contributed by atoms with Crippen LogP contribution in [-0.2, 0) is 33.0 Å². The lowest BCUT2D eigenvalue weighted by Gasteiger charge is -2.38. The maximum atomic E-state index is 12.3. The van der Waals surface area contributed by atoms with Crippen LogP contribution in [0.3, 0.4) is 0 Å². The number of aliphatic hydroxyl groups excluding tert-OH is 1. The van der Waals surface area contributed by atoms with E-state index >= 15 is 0 Å². The Morgan fingerprint density at radius 2 is 1.02 bits per heavy atom. The van der Waals surface area contributed by atoms with Gasteiger partial charge < -0.3 is 34.5 Å². The monoisotopic (exact) mass is 697 g/mol. The molecule has 9 heteroatoms. The molecule has 6 rings (SSSR count). The van der Waals surface area contributed by atoms with Crippen molar-refractivity contribution in [3.8, 4) is 11.5 Å². The second kappa shape index (κ2) is 17.6. The Bertz CT molecular complexity index is 1830. The summed E-state index contributed by atoms with van der Waals surface area (Å²) in [7, 11) is 3.25. The van der Waals surface area contributed by atoms with Gasteiger partial charge in [-0.1, -0.05) is 115 Å². The maximum Gasteiger partial charge on any atom is 0.219 e. The van der Waals surface area contributed by atoms with Crippen molar-refractivity contribution in [3.05, 3.63) is 185 Å². The molecule has 0 aliphatic carbocycles. The van der Waals surface area contributed by atoms with Crippen molar-refractivity contribution in [1.82, 2.24) is 9.97 Å².